The Morgan fingerprint density at radius 2 is 1.54 bits per heavy atom. The Labute approximate surface area is 475 Å². The predicted molar refractivity (Wildman–Crippen MR) is 309 cm³/mol. The Bertz CT molecular complexity index is 2120. The number of nitrogens with one attached hydrogen (secondary N) is 4. The monoisotopic (exact) mass is 1150 g/mol. The van der Waals surface area contributed by atoms with Crippen molar-refractivity contribution >= 4 is 74.6 Å². The minimum Gasteiger partial charge on any atom is -0.508 e. The first-order chi connectivity index (χ1) is 37.4. The van der Waals surface area contributed by atoms with Crippen LogP contribution in [-0.2, 0) is 44.6 Å². The van der Waals surface area contributed by atoms with E-state index in [-0.39, 0.29) is 66.5 Å². The van der Waals surface area contributed by atoms with Gasteiger partial charge >= 0.3 is 18.0 Å². The van der Waals surface area contributed by atoms with Crippen molar-refractivity contribution in [3.05, 3.63) is 45.9 Å². The number of aromatic hydroxyl groups is 1. The van der Waals surface area contributed by atoms with E-state index < -0.39 is 78.7 Å². The van der Waals surface area contributed by atoms with Crippen LogP contribution in [0.15, 0.2) is 29.6 Å². The molecular weight excluding hydrogens is 1060 g/mol. The summed E-state index contributed by atoms with van der Waals surface area (Å²) in [5, 5.41) is 17.8. The molecule has 1 aliphatic heterocycles. The highest BCUT2D eigenvalue weighted by molar-refractivity contribution is 8.76. The standard InChI is InChI=1S/C56H92N8O11S3/c1-9-22-49(67)74-37-64(55(71)50(39(5)10-2)60-53(70)46-23-18-20-29-63(46)8)47(38(3)4)35-48(75-41(7)65)54-59-45(36-76-54)52(69)58-43(34-42-24-26-44(66)27-25-42)33-40(6)51(68)61-62-56(72)73-30-32-78-77-31-21-17-15-13-11-12-14-16-19-28-57/h24-27,36,38-40,43,46-48,50,66H,9-23,28-35,37,57H2,1-8H3,(H,58,69)(H,60,70)(H,61,68)(H,62,72)/t39-,40+,43-,46-,47-,48-,50+/m1/s1. The van der Waals surface area contributed by atoms with Crippen molar-refractivity contribution in [1.29, 1.82) is 0 Å². The molecule has 0 aliphatic carbocycles. The smallest absolute Gasteiger partial charge is 0.426 e. The molecule has 0 saturated carbocycles. The SMILES string of the molecule is CCCC(=O)OCN(C(=O)[C@@H](NC(=O)[C@H]1CCCCN1C)[C@H](C)CC)[C@H](C[C@@H](OC(C)=O)c1nc(C(=O)N[C@@H](Cc2ccc(O)cc2)C[C@H](C)C(=O)NNC(=O)OCCSSCCCCCCCCCCCN)cs1)C(C)C. The summed E-state index contributed by atoms with van der Waals surface area (Å²) in [6.45, 7) is 13.7. The molecule has 2 heterocycles. The zero-order valence-corrected chi connectivity index (χ0v) is 50.1. The van der Waals surface area contributed by atoms with Crippen molar-refractivity contribution in [3.8, 4) is 5.75 Å². The quantitative estimate of drug-likeness (QED) is 0.00921. The van der Waals surface area contributed by atoms with E-state index in [1.807, 2.05) is 46.6 Å². The van der Waals surface area contributed by atoms with Crippen molar-refractivity contribution in [1.82, 2.24) is 36.3 Å². The van der Waals surface area contributed by atoms with E-state index in [0.29, 0.717) is 25.0 Å². The molecule has 19 nitrogen and oxygen atoms in total. The second kappa shape index (κ2) is 38.1. The normalized spacial score (nSPS) is 15.9. The molecule has 0 bridgehead atoms. The zero-order chi connectivity index (χ0) is 57.4. The van der Waals surface area contributed by atoms with Crippen molar-refractivity contribution in [3.63, 3.8) is 0 Å². The number of piperidine rings is 1. The number of likely N-dealkylation sites (tertiary alicyclic amines) is 1. The molecule has 7 atom stereocenters. The van der Waals surface area contributed by atoms with Gasteiger partial charge < -0.3 is 40.6 Å². The molecule has 1 aromatic heterocycles. The molecule has 78 heavy (non-hydrogen) atoms. The van der Waals surface area contributed by atoms with Gasteiger partial charge in [0, 0.05) is 54.7 Å². The molecule has 1 saturated heterocycles. The fourth-order valence-electron chi connectivity index (χ4n) is 9.18. The number of aromatic nitrogens is 1. The van der Waals surface area contributed by atoms with Crippen molar-refractivity contribution in [2.24, 2.45) is 23.5 Å². The van der Waals surface area contributed by atoms with Gasteiger partial charge in [0.25, 0.3) is 5.91 Å². The van der Waals surface area contributed by atoms with Gasteiger partial charge in [-0.1, -0.05) is 133 Å². The molecule has 0 unspecified atom stereocenters. The first-order valence-electron chi connectivity index (χ1n) is 28.2. The number of hydrogen-bond donors (Lipinski definition) is 6. The maximum Gasteiger partial charge on any atom is 0.426 e. The van der Waals surface area contributed by atoms with Crippen LogP contribution in [-0.4, -0.2) is 131 Å². The number of phenolic OH excluding ortho intramolecular Hbond substituents is 1. The van der Waals surface area contributed by atoms with Gasteiger partial charge in [-0.15, -0.1) is 11.3 Å². The van der Waals surface area contributed by atoms with Gasteiger partial charge in [0.05, 0.1) is 6.04 Å². The van der Waals surface area contributed by atoms with Gasteiger partial charge in [-0.2, -0.15) is 0 Å². The lowest BCUT2D eigenvalue weighted by Crippen LogP contribution is -2.59. The van der Waals surface area contributed by atoms with E-state index in [1.54, 1.807) is 40.6 Å². The number of carbonyl (C=O) groups excluding carboxylic acids is 7. The molecule has 1 fully saturated rings. The maximum atomic E-state index is 14.9. The number of hydrazine groups is 1. The van der Waals surface area contributed by atoms with Crippen LogP contribution in [0.25, 0.3) is 0 Å². The number of amides is 5. The Kier molecular flexibility index (Phi) is 33.0. The van der Waals surface area contributed by atoms with E-state index in [0.717, 1.165) is 61.4 Å². The fraction of sp³-hybridized carbons (Fsp3) is 0.714. The second-order valence-corrected chi connectivity index (χ2v) is 24.4. The number of likely N-dealkylation sites (N-methyl/N-ethyl adjacent to an activating group) is 1. The number of nitrogens with zero attached hydrogens (tertiary/aromatic N) is 3. The molecule has 7 N–H and O–H groups in total. The number of nitrogens with two attached hydrogens (primary N) is 1. The Balaban J connectivity index is 1.70. The zero-order valence-electron chi connectivity index (χ0n) is 47.6. The number of hydrogen-bond acceptors (Lipinski definition) is 17. The van der Waals surface area contributed by atoms with E-state index in [9.17, 15) is 38.7 Å². The number of ether oxygens (including phenoxy) is 3. The minimum absolute atomic E-state index is 0.0164. The number of unbranched alkanes of at least 4 members (excludes halogenated alkanes) is 8. The van der Waals surface area contributed by atoms with Crippen LogP contribution >= 0.6 is 32.9 Å². The summed E-state index contributed by atoms with van der Waals surface area (Å²) in [6.07, 6.45) is 13.4. The molecule has 3 rings (SSSR count). The molecule has 0 spiro atoms. The van der Waals surface area contributed by atoms with Crippen LogP contribution in [0.5, 0.6) is 5.75 Å². The molecule has 5 amide bonds. The summed E-state index contributed by atoms with van der Waals surface area (Å²) in [5.74, 6) is -2.45. The highest BCUT2D eigenvalue weighted by atomic mass is 33.1. The lowest BCUT2D eigenvalue weighted by atomic mass is 9.92. The van der Waals surface area contributed by atoms with Crippen LogP contribution in [0.4, 0.5) is 4.79 Å². The number of phenols is 1. The Morgan fingerprint density at radius 1 is 0.872 bits per heavy atom. The lowest BCUT2D eigenvalue weighted by molar-refractivity contribution is -0.160. The average Bonchev–Trinajstić information content (AvgIpc) is 3.92. The summed E-state index contributed by atoms with van der Waals surface area (Å²) in [7, 11) is 5.30. The number of benzene rings is 1. The van der Waals surface area contributed by atoms with E-state index in [1.165, 1.54) is 74.3 Å². The van der Waals surface area contributed by atoms with Crippen molar-refractivity contribution in [2.75, 3.05) is 45.0 Å². The molecule has 22 heteroatoms. The van der Waals surface area contributed by atoms with E-state index in [2.05, 4.69) is 26.5 Å². The summed E-state index contributed by atoms with van der Waals surface area (Å²) in [5.41, 5.74) is 11.1. The summed E-state index contributed by atoms with van der Waals surface area (Å²) < 4.78 is 16.9. The Hall–Kier alpha value is -4.64. The number of carbonyl (C=O) groups is 7. The largest absolute Gasteiger partial charge is 0.508 e. The maximum absolute atomic E-state index is 14.9. The van der Waals surface area contributed by atoms with Gasteiger partial charge in [-0.3, -0.25) is 39.1 Å². The average molecular weight is 1150 g/mol. The molecular formula is C56H92N8O11S3. The lowest BCUT2D eigenvalue weighted by Gasteiger charge is -2.39. The van der Waals surface area contributed by atoms with Crippen LogP contribution in [0.2, 0.25) is 0 Å². The summed E-state index contributed by atoms with van der Waals surface area (Å²) in [6, 6.07) is 3.80. The first-order valence-corrected chi connectivity index (χ1v) is 31.6. The topological polar surface area (TPSA) is 261 Å². The van der Waals surface area contributed by atoms with Crippen LogP contribution in [0.1, 0.15) is 185 Å². The highest BCUT2D eigenvalue weighted by Gasteiger charge is 2.39. The fourth-order valence-corrected chi connectivity index (χ4v) is 12.0. The molecule has 0 radical (unpaired) electrons. The molecule has 440 valence electrons. The molecule has 1 aliphatic rings. The minimum atomic E-state index is -1.04. The predicted octanol–water partition coefficient (Wildman–Crippen LogP) is 8.99. The summed E-state index contributed by atoms with van der Waals surface area (Å²) >= 11 is 1.09. The van der Waals surface area contributed by atoms with Gasteiger partial charge in [0.1, 0.15) is 29.1 Å². The van der Waals surface area contributed by atoms with Crippen LogP contribution < -0.4 is 27.2 Å². The number of thiazole rings is 1. The highest BCUT2D eigenvalue weighted by Crippen LogP contribution is 2.32. The van der Waals surface area contributed by atoms with Gasteiger partial charge in [-0.05, 0) is 94.6 Å². The van der Waals surface area contributed by atoms with E-state index in [4.69, 9.17) is 19.9 Å². The number of rotatable bonds is 37. The van der Waals surface area contributed by atoms with Gasteiger partial charge in [0.2, 0.25) is 17.7 Å². The molecule has 1 aromatic carbocycles. The first kappa shape index (κ1) is 67.6. The van der Waals surface area contributed by atoms with Crippen LogP contribution in [0, 0.1) is 17.8 Å². The second-order valence-electron chi connectivity index (χ2n) is 20.8. The van der Waals surface area contributed by atoms with Gasteiger partial charge in [-0.25, -0.2) is 15.2 Å². The van der Waals surface area contributed by atoms with Crippen molar-refractivity contribution in [2.45, 2.75) is 194 Å². The third-order valence-electron chi connectivity index (χ3n) is 14.0. The van der Waals surface area contributed by atoms with Crippen LogP contribution in [0.3, 0.4) is 0 Å². The summed E-state index contributed by atoms with van der Waals surface area (Å²) in [4.78, 5) is 102. The van der Waals surface area contributed by atoms with Gasteiger partial charge in [0.15, 0.2) is 12.8 Å². The Morgan fingerprint density at radius 3 is 2.17 bits per heavy atom. The third kappa shape index (κ3) is 25.6. The molecule has 2 aromatic rings. The number of esters is 2. The third-order valence-corrected chi connectivity index (χ3v) is 17.3. The van der Waals surface area contributed by atoms with E-state index >= 15 is 0 Å². The van der Waals surface area contributed by atoms with Crippen molar-refractivity contribution < 1.29 is 52.9 Å².